The highest BCUT2D eigenvalue weighted by Crippen LogP contribution is 2.28. The highest BCUT2D eigenvalue weighted by Gasteiger charge is 2.02. The van der Waals surface area contributed by atoms with Crippen LogP contribution in [0.3, 0.4) is 0 Å². The van der Waals surface area contributed by atoms with E-state index in [0.29, 0.717) is 5.56 Å². The third-order valence-corrected chi connectivity index (χ3v) is 2.40. The van der Waals surface area contributed by atoms with E-state index < -0.39 is 0 Å². The molecule has 0 radical (unpaired) electrons. The molecule has 0 atom stereocenters. The van der Waals surface area contributed by atoms with Gasteiger partial charge in [-0.1, -0.05) is 24.3 Å². The molecule has 2 aromatic carbocycles. The van der Waals surface area contributed by atoms with Gasteiger partial charge < -0.3 is 15.3 Å². The van der Waals surface area contributed by atoms with Crippen LogP contribution < -0.4 is 0 Å². The first kappa shape index (κ1) is 11.1. The molecule has 0 aromatic heterocycles. The maximum Gasteiger partial charge on any atom is 0.126 e. The minimum absolute atomic E-state index is 0.0278. The van der Waals surface area contributed by atoms with Gasteiger partial charge >= 0.3 is 0 Å². The van der Waals surface area contributed by atoms with Gasteiger partial charge in [0, 0.05) is 0 Å². The maximum absolute atomic E-state index is 9.56. The van der Waals surface area contributed by atoms with Crippen molar-refractivity contribution in [3.8, 4) is 17.2 Å². The third-order valence-electron chi connectivity index (χ3n) is 2.40. The standard InChI is InChI=1S/C14H12O3/c15-11-7-4-10(5-8-11)6-9-12-13(16)2-1-3-14(12)17/h1-9,15-17H/b9-6+. The summed E-state index contributed by atoms with van der Waals surface area (Å²) < 4.78 is 0. The zero-order chi connectivity index (χ0) is 12.3. The molecule has 0 aliphatic carbocycles. The van der Waals surface area contributed by atoms with Crippen molar-refractivity contribution in [3.63, 3.8) is 0 Å². The Kier molecular flexibility index (Phi) is 3.01. The lowest BCUT2D eigenvalue weighted by Gasteiger charge is -2.01. The van der Waals surface area contributed by atoms with Crippen molar-refractivity contribution in [3.05, 3.63) is 53.6 Å². The van der Waals surface area contributed by atoms with Crippen molar-refractivity contribution < 1.29 is 15.3 Å². The highest BCUT2D eigenvalue weighted by atomic mass is 16.3. The Morgan fingerprint density at radius 2 is 1.29 bits per heavy atom. The minimum Gasteiger partial charge on any atom is -0.508 e. The molecule has 0 saturated heterocycles. The molecule has 0 saturated carbocycles. The number of rotatable bonds is 2. The summed E-state index contributed by atoms with van der Waals surface area (Å²) in [7, 11) is 0. The third kappa shape index (κ3) is 2.58. The van der Waals surface area contributed by atoms with Gasteiger partial charge in [-0.15, -0.1) is 0 Å². The van der Waals surface area contributed by atoms with Crippen LogP contribution in [0.5, 0.6) is 17.2 Å². The summed E-state index contributed by atoms with van der Waals surface area (Å²) in [5, 5.41) is 28.3. The van der Waals surface area contributed by atoms with Gasteiger partial charge in [0.05, 0.1) is 5.56 Å². The number of aromatic hydroxyl groups is 3. The zero-order valence-electron chi connectivity index (χ0n) is 9.04. The van der Waals surface area contributed by atoms with Crippen LogP contribution in [0.25, 0.3) is 12.2 Å². The SMILES string of the molecule is Oc1ccc(/C=C/c2c(O)cccc2O)cc1. The lowest BCUT2D eigenvalue weighted by molar-refractivity contribution is 0.448. The van der Waals surface area contributed by atoms with Crippen LogP contribution in [-0.2, 0) is 0 Å². The molecular weight excluding hydrogens is 216 g/mol. The van der Waals surface area contributed by atoms with Gasteiger partial charge in [-0.25, -0.2) is 0 Å². The van der Waals surface area contributed by atoms with Gasteiger partial charge in [-0.3, -0.25) is 0 Å². The Balaban J connectivity index is 2.29. The fraction of sp³-hybridized carbons (Fsp3) is 0. The molecule has 17 heavy (non-hydrogen) atoms. The van der Waals surface area contributed by atoms with E-state index in [2.05, 4.69) is 0 Å². The van der Waals surface area contributed by atoms with E-state index in [1.807, 2.05) is 0 Å². The van der Waals surface area contributed by atoms with Crippen molar-refractivity contribution in [2.24, 2.45) is 0 Å². The minimum atomic E-state index is 0.0278. The maximum atomic E-state index is 9.56. The van der Waals surface area contributed by atoms with Crippen molar-refractivity contribution in [2.75, 3.05) is 0 Å². The molecule has 0 bridgehead atoms. The predicted octanol–water partition coefficient (Wildman–Crippen LogP) is 2.97. The molecule has 0 heterocycles. The Morgan fingerprint density at radius 3 is 1.88 bits per heavy atom. The number of benzene rings is 2. The fourth-order valence-corrected chi connectivity index (χ4v) is 1.48. The number of phenolic OH excluding ortho intramolecular Hbond substituents is 3. The van der Waals surface area contributed by atoms with Gasteiger partial charge in [0.15, 0.2) is 0 Å². The Morgan fingerprint density at radius 1 is 0.706 bits per heavy atom. The average Bonchev–Trinajstić information content (AvgIpc) is 2.31. The lowest BCUT2D eigenvalue weighted by Crippen LogP contribution is -1.76. The Labute approximate surface area is 98.9 Å². The van der Waals surface area contributed by atoms with Gasteiger partial charge in [0.2, 0.25) is 0 Å². The van der Waals surface area contributed by atoms with Crippen molar-refractivity contribution >= 4 is 12.2 Å². The zero-order valence-corrected chi connectivity index (χ0v) is 9.04. The Bertz CT molecular complexity index is 522. The molecular formula is C14H12O3. The topological polar surface area (TPSA) is 60.7 Å². The first-order chi connectivity index (χ1) is 8.16. The van der Waals surface area contributed by atoms with Crippen LogP contribution in [0.4, 0.5) is 0 Å². The predicted molar refractivity (Wildman–Crippen MR) is 66.8 cm³/mol. The first-order valence-corrected chi connectivity index (χ1v) is 5.15. The van der Waals surface area contributed by atoms with Crippen LogP contribution in [0, 0.1) is 0 Å². The van der Waals surface area contributed by atoms with E-state index >= 15 is 0 Å². The summed E-state index contributed by atoms with van der Waals surface area (Å²) in [5.41, 5.74) is 1.24. The molecule has 2 aromatic rings. The summed E-state index contributed by atoms with van der Waals surface area (Å²) in [6, 6.07) is 11.2. The van der Waals surface area contributed by atoms with Crippen LogP contribution >= 0.6 is 0 Å². The monoisotopic (exact) mass is 228 g/mol. The molecule has 86 valence electrons. The Hall–Kier alpha value is -2.42. The van der Waals surface area contributed by atoms with E-state index in [1.165, 1.54) is 12.1 Å². The van der Waals surface area contributed by atoms with Crippen molar-refractivity contribution in [1.29, 1.82) is 0 Å². The summed E-state index contributed by atoms with van der Waals surface area (Å²) in [4.78, 5) is 0. The van der Waals surface area contributed by atoms with Crippen LogP contribution in [-0.4, -0.2) is 15.3 Å². The second-order valence-electron chi connectivity index (χ2n) is 3.63. The molecule has 0 amide bonds. The van der Waals surface area contributed by atoms with Gasteiger partial charge in [0.1, 0.15) is 17.2 Å². The van der Waals surface area contributed by atoms with Crippen LogP contribution in [0.1, 0.15) is 11.1 Å². The van der Waals surface area contributed by atoms with E-state index in [0.717, 1.165) is 5.56 Å². The molecule has 0 spiro atoms. The molecule has 0 aliphatic rings. The van der Waals surface area contributed by atoms with E-state index in [9.17, 15) is 10.2 Å². The van der Waals surface area contributed by atoms with Crippen LogP contribution in [0.2, 0.25) is 0 Å². The van der Waals surface area contributed by atoms with Gasteiger partial charge in [-0.05, 0) is 35.9 Å². The quantitative estimate of drug-likeness (QED) is 0.692. The van der Waals surface area contributed by atoms with Crippen molar-refractivity contribution in [2.45, 2.75) is 0 Å². The molecule has 3 nitrogen and oxygen atoms in total. The van der Waals surface area contributed by atoms with Crippen molar-refractivity contribution in [1.82, 2.24) is 0 Å². The summed E-state index contributed by atoms with van der Waals surface area (Å²) >= 11 is 0. The highest BCUT2D eigenvalue weighted by molar-refractivity contribution is 5.75. The largest absolute Gasteiger partial charge is 0.508 e. The van der Waals surface area contributed by atoms with Gasteiger partial charge in [0.25, 0.3) is 0 Å². The van der Waals surface area contributed by atoms with E-state index in [-0.39, 0.29) is 17.2 Å². The second-order valence-corrected chi connectivity index (χ2v) is 3.63. The summed E-state index contributed by atoms with van der Waals surface area (Å²) in [6.07, 6.45) is 3.37. The second kappa shape index (κ2) is 4.61. The van der Waals surface area contributed by atoms with Gasteiger partial charge in [-0.2, -0.15) is 0 Å². The molecule has 2 rings (SSSR count). The molecule has 0 fully saturated rings. The fourth-order valence-electron chi connectivity index (χ4n) is 1.48. The normalized spacial score (nSPS) is 10.8. The van der Waals surface area contributed by atoms with E-state index in [4.69, 9.17) is 5.11 Å². The smallest absolute Gasteiger partial charge is 0.126 e. The first-order valence-electron chi connectivity index (χ1n) is 5.15. The summed E-state index contributed by atoms with van der Waals surface area (Å²) in [6.45, 7) is 0. The molecule has 3 heteroatoms. The summed E-state index contributed by atoms with van der Waals surface area (Å²) in [5.74, 6) is 0.257. The number of hydrogen-bond acceptors (Lipinski definition) is 3. The number of hydrogen-bond donors (Lipinski definition) is 3. The number of phenols is 3. The average molecular weight is 228 g/mol. The molecule has 3 N–H and O–H groups in total. The van der Waals surface area contributed by atoms with E-state index in [1.54, 1.807) is 42.5 Å². The lowest BCUT2D eigenvalue weighted by atomic mass is 10.1. The van der Waals surface area contributed by atoms with Crippen LogP contribution in [0.15, 0.2) is 42.5 Å². The molecule has 0 unspecified atom stereocenters. The molecule has 0 aliphatic heterocycles.